The Balaban J connectivity index is 4.34. The van der Waals surface area contributed by atoms with E-state index in [4.69, 9.17) is 0 Å². The Labute approximate surface area is 76.0 Å². The summed E-state index contributed by atoms with van der Waals surface area (Å²) in [7, 11) is -1.39. The number of rotatable bonds is 2. The van der Waals surface area contributed by atoms with Gasteiger partial charge in [-0.15, -0.1) is 12.6 Å². The van der Waals surface area contributed by atoms with E-state index in [1.165, 1.54) is 0 Å². The average Bonchev–Trinajstić information content (AvgIpc) is 1.56. The molecule has 0 rings (SSSR count). The van der Waals surface area contributed by atoms with E-state index in [1.54, 1.807) is 0 Å². The minimum absolute atomic E-state index is 0.0385. The van der Waals surface area contributed by atoms with Crippen LogP contribution in [0.2, 0.25) is 24.2 Å². The molecule has 0 aromatic carbocycles. The summed E-state index contributed by atoms with van der Waals surface area (Å²) in [6.45, 7) is 11.1. The SMILES string of the molecule is CC(C)(C)[Si](C)(C)CC(=O)S. The predicted octanol–water partition coefficient (Wildman–Crippen LogP) is 2.95. The van der Waals surface area contributed by atoms with Crippen LogP contribution in [0.15, 0.2) is 0 Å². The number of thiol groups is 1. The lowest BCUT2D eigenvalue weighted by atomic mass is 10.2. The fourth-order valence-corrected chi connectivity index (χ4v) is 3.12. The van der Waals surface area contributed by atoms with Gasteiger partial charge in [0, 0.05) is 6.04 Å². The third-order valence-corrected chi connectivity index (χ3v) is 8.34. The molecule has 0 amide bonds. The van der Waals surface area contributed by atoms with Gasteiger partial charge in [0.25, 0.3) is 0 Å². The molecule has 0 aliphatic rings. The molecule has 0 radical (unpaired) electrons. The molecular formula is C8H18OSSi. The molecule has 0 saturated heterocycles. The van der Waals surface area contributed by atoms with E-state index in [1.807, 2.05) is 0 Å². The summed E-state index contributed by atoms with van der Waals surface area (Å²) in [4.78, 5) is 10.8. The first-order chi connectivity index (χ1) is 4.67. The van der Waals surface area contributed by atoms with Gasteiger partial charge in [0.2, 0.25) is 0 Å². The fourth-order valence-electron chi connectivity index (χ4n) is 0.643. The Morgan fingerprint density at radius 3 is 1.82 bits per heavy atom. The molecule has 0 aliphatic heterocycles. The van der Waals surface area contributed by atoms with Crippen LogP contribution in [0.1, 0.15) is 20.8 Å². The molecule has 1 nitrogen and oxygen atoms in total. The number of carbonyl (C=O) groups excluding carboxylic acids is 1. The molecule has 0 heterocycles. The van der Waals surface area contributed by atoms with Crippen LogP contribution in [0.5, 0.6) is 0 Å². The Morgan fingerprint density at radius 2 is 1.73 bits per heavy atom. The number of hydrogen-bond acceptors (Lipinski definition) is 1. The molecule has 0 atom stereocenters. The molecule has 0 aliphatic carbocycles. The second-order valence-electron chi connectivity index (χ2n) is 4.70. The van der Waals surface area contributed by atoms with Crippen molar-refractivity contribution < 1.29 is 4.79 Å². The Morgan fingerprint density at radius 1 is 1.36 bits per heavy atom. The summed E-state index contributed by atoms with van der Waals surface area (Å²) in [5.74, 6) is 0. The lowest BCUT2D eigenvalue weighted by Crippen LogP contribution is -2.38. The molecule has 0 aromatic heterocycles. The van der Waals surface area contributed by atoms with Gasteiger partial charge in [-0.3, -0.25) is 4.79 Å². The van der Waals surface area contributed by atoms with Crippen molar-refractivity contribution in [2.24, 2.45) is 0 Å². The van der Waals surface area contributed by atoms with E-state index < -0.39 is 8.07 Å². The van der Waals surface area contributed by atoms with Crippen molar-refractivity contribution in [3.8, 4) is 0 Å². The number of hydrogen-bond donors (Lipinski definition) is 1. The van der Waals surface area contributed by atoms with Gasteiger partial charge in [0.05, 0.1) is 8.07 Å². The van der Waals surface area contributed by atoms with Crippen molar-refractivity contribution in [2.45, 2.75) is 44.9 Å². The first-order valence-electron chi connectivity index (χ1n) is 3.88. The zero-order valence-corrected chi connectivity index (χ0v) is 9.96. The van der Waals surface area contributed by atoms with Gasteiger partial charge in [0.15, 0.2) is 5.12 Å². The molecule has 0 aromatic rings. The van der Waals surface area contributed by atoms with Gasteiger partial charge in [0.1, 0.15) is 0 Å². The molecule has 0 N–H and O–H groups in total. The van der Waals surface area contributed by atoms with Gasteiger partial charge < -0.3 is 0 Å². The van der Waals surface area contributed by atoms with E-state index in [2.05, 4.69) is 46.5 Å². The quantitative estimate of drug-likeness (QED) is 0.523. The largest absolute Gasteiger partial charge is 0.288 e. The highest BCUT2D eigenvalue weighted by Gasteiger charge is 2.35. The summed E-state index contributed by atoms with van der Waals surface area (Å²) in [5, 5.41) is 0.336. The van der Waals surface area contributed by atoms with Crippen LogP contribution in [-0.2, 0) is 4.79 Å². The predicted molar refractivity (Wildman–Crippen MR) is 56.0 cm³/mol. The molecule has 0 bridgehead atoms. The Kier molecular flexibility index (Phi) is 3.38. The highest BCUT2D eigenvalue weighted by Crippen LogP contribution is 2.38. The van der Waals surface area contributed by atoms with Gasteiger partial charge >= 0.3 is 0 Å². The smallest absolute Gasteiger partial charge is 0.183 e. The second kappa shape index (κ2) is 3.31. The van der Waals surface area contributed by atoms with Crippen LogP contribution >= 0.6 is 12.6 Å². The van der Waals surface area contributed by atoms with Crippen molar-refractivity contribution in [2.75, 3.05) is 0 Å². The first kappa shape index (κ1) is 11.2. The summed E-state index contributed by atoms with van der Waals surface area (Å²) >= 11 is 3.82. The van der Waals surface area contributed by atoms with E-state index in [0.717, 1.165) is 0 Å². The topological polar surface area (TPSA) is 17.1 Å². The molecule has 0 spiro atoms. The third-order valence-electron chi connectivity index (χ3n) is 2.62. The lowest BCUT2D eigenvalue weighted by molar-refractivity contribution is -0.109. The van der Waals surface area contributed by atoms with Crippen LogP contribution in [0.25, 0.3) is 0 Å². The normalized spacial score (nSPS) is 13.3. The highest BCUT2D eigenvalue weighted by atomic mass is 32.1. The summed E-state index contributed by atoms with van der Waals surface area (Å²) in [5.41, 5.74) is 0. The summed E-state index contributed by atoms with van der Waals surface area (Å²) in [6.07, 6.45) is 0. The molecule has 66 valence electrons. The first-order valence-corrected chi connectivity index (χ1v) is 7.54. The standard InChI is InChI=1S/C8H18OSSi/c1-8(2,3)11(4,5)6-7(9)10/h6H2,1-5H3,(H,9,10). The van der Waals surface area contributed by atoms with Gasteiger partial charge in [-0.05, 0) is 5.04 Å². The maximum absolute atomic E-state index is 10.8. The zero-order valence-electron chi connectivity index (χ0n) is 8.06. The maximum Gasteiger partial charge on any atom is 0.183 e. The van der Waals surface area contributed by atoms with E-state index in [0.29, 0.717) is 11.1 Å². The molecule has 3 heteroatoms. The highest BCUT2D eigenvalue weighted by molar-refractivity contribution is 7.96. The van der Waals surface area contributed by atoms with E-state index in [9.17, 15) is 4.79 Å². The second-order valence-corrected chi connectivity index (χ2v) is 10.8. The average molecular weight is 190 g/mol. The van der Waals surface area contributed by atoms with Crippen molar-refractivity contribution in [1.29, 1.82) is 0 Å². The Hall–Kier alpha value is 0.237. The van der Waals surface area contributed by atoms with Crippen LogP contribution < -0.4 is 0 Å². The minimum Gasteiger partial charge on any atom is -0.288 e. The van der Waals surface area contributed by atoms with Crippen LogP contribution in [0, 0.1) is 0 Å². The molecule has 11 heavy (non-hydrogen) atoms. The molecule has 0 fully saturated rings. The van der Waals surface area contributed by atoms with Crippen LogP contribution in [0.3, 0.4) is 0 Å². The van der Waals surface area contributed by atoms with Crippen molar-refractivity contribution >= 4 is 25.8 Å². The summed E-state index contributed by atoms with van der Waals surface area (Å²) in [6, 6.07) is 0.680. The third kappa shape index (κ3) is 3.43. The Bertz CT molecular complexity index is 158. The monoisotopic (exact) mass is 190 g/mol. The molecule has 0 saturated carbocycles. The van der Waals surface area contributed by atoms with Crippen LogP contribution in [-0.4, -0.2) is 13.2 Å². The van der Waals surface area contributed by atoms with Crippen molar-refractivity contribution in [3.63, 3.8) is 0 Å². The minimum atomic E-state index is -1.39. The van der Waals surface area contributed by atoms with Crippen molar-refractivity contribution in [3.05, 3.63) is 0 Å². The van der Waals surface area contributed by atoms with E-state index in [-0.39, 0.29) is 5.12 Å². The van der Waals surface area contributed by atoms with E-state index >= 15 is 0 Å². The van der Waals surface area contributed by atoms with Gasteiger partial charge in [-0.1, -0.05) is 33.9 Å². The number of carbonyl (C=O) groups is 1. The molecule has 0 unspecified atom stereocenters. The fraction of sp³-hybridized carbons (Fsp3) is 0.875. The lowest BCUT2D eigenvalue weighted by Gasteiger charge is -2.35. The van der Waals surface area contributed by atoms with Gasteiger partial charge in [-0.2, -0.15) is 0 Å². The molecular weight excluding hydrogens is 172 g/mol. The zero-order chi connectivity index (χ0) is 9.28. The van der Waals surface area contributed by atoms with Crippen LogP contribution in [0.4, 0.5) is 0 Å². The van der Waals surface area contributed by atoms with Crippen molar-refractivity contribution in [1.82, 2.24) is 0 Å². The van der Waals surface area contributed by atoms with Gasteiger partial charge in [-0.25, -0.2) is 0 Å². The maximum atomic E-state index is 10.8. The summed E-state index contributed by atoms with van der Waals surface area (Å²) < 4.78 is 0.